The Labute approximate surface area is 139 Å². The fourth-order valence-electron chi connectivity index (χ4n) is 2.37. The Hall–Kier alpha value is -1.84. The molecule has 1 aromatic carbocycles. The summed E-state index contributed by atoms with van der Waals surface area (Å²) >= 11 is 1.20. The Bertz CT molecular complexity index is 778. The van der Waals surface area contributed by atoms with E-state index in [0.717, 1.165) is 5.56 Å². The van der Waals surface area contributed by atoms with Crippen molar-refractivity contribution in [1.29, 1.82) is 0 Å². The van der Waals surface area contributed by atoms with Crippen molar-refractivity contribution in [2.24, 2.45) is 0 Å². The highest BCUT2D eigenvalue weighted by Crippen LogP contribution is 2.21. The number of aromatic nitrogens is 2. The number of benzene rings is 1. The molecule has 0 bridgehead atoms. The number of anilines is 1. The van der Waals surface area contributed by atoms with Gasteiger partial charge in [-0.15, -0.1) is 10.2 Å². The predicted molar refractivity (Wildman–Crippen MR) is 89.0 cm³/mol. The fraction of sp³-hybridized carbons (Fsp3) is 0.357. The van der Waals surface area contributed by atoms with Crippen LogP contribution in [0.4, 0.5) is 5.13 Å². The normalized spacial score (nSPS) is 11.4. The van der Waals surface area contributed by atoms with Gasteiger partial charge in [-0.05, 0) is 31.9 Å². The molecular weight excluding hydrogens is 336 g/mol. The second-order valence-corrected chi connectivity index (χ2v) is 7.70. The van der Waals surface area contributed by atoms with Gasteiger partial charge < -0.3 is 5.32 Å². The maximum atomic E-state index is 12.4. The van der Waals surface area contributed by atoms with Crippen molar-refractivity contribution < 1.29 is 13.2 Å². The van der Waals surface area contributed by atoms with Gasteiger partial charge in [-0.3, -0.25) is 4.79 Å². The van der Waals surface area contributed by atoms with Crippen molar-refractivity contribution in [3.05, 3.63) is 34.3 Å². The maximum Gasteiger partial charge on any atom is 0.241 e. The maximum absolute atomic E-state index is 12.4. The highest BCUT2D eigenvalue weighted by molar-refractivity contribution is 7.89. The lowest BCUT2D eigenvalue weighted by Crippen LogP contribution is -2.29. The molecule has 0 saturated carbocycles. The topological polar surface area (TPSA) is 101 Å². The summed E-state index contributed by atoms with van der Waals surface area (Å²) < 4.78 is 27.3. The summed E-state index contributed by atoms with van der Waals surface area (Å²) in [5.41, 5.74) is 3.89. The summed E-state index contributed by atoms with van der Waals surface area (Å²) in [7, 11) is -3.65. The molecule has 2 rings (SSSR count). The molecule has 23 heavy (non-hydrogen) atoms. The van der Waals surface area contributed by atoms with Crippen LogP contribution >= 0.6 is 11.3 Å². The number of amides is 1. The number of aryl methyl sites for hydroxylation is 3. The number of sulfonamides is 1. The van der Waals surface area contributed by atoms with E-state index in [1.54, 1.807) is 13.8 Å². The molecule has 0 aliphatic carbocycles. The summed E-state index contributed by atoms with van der Waals surface area (Å²) in [5, 5.41) is 10.2. The van der Waals surface area contributed by atoms with E-state index in [9.17, 15) is 13.2 Å². The van der Waals surface area contributed by atoms with Gasteiger partial charge in [0.15, 0.2) is 0 Å². The lowest BCUT2D eigenvalue weighted by molar-refractivity contribution is -0.116. The second kappa shape index (κ2) is 7.16. The van der Waals surface area contributed by atoms with E-state index in [4.69, 9.17) is 0 Å². The molecule has 7 nitrogen and oxygen atoms in total. The fourth-order valence-corrected chi connectivity index (χ4v) is 4.31. The van der Waals surface area contributed by atoms with Crippen LogP contribution in [0, 0.1) is 20.8 Å². The minimum absolute atomic E-state index is 0.0136. The highest BCUT2D eigenvalue weighted by Gasteiger charge is 2.19. The van der Waals surface area contributed by atoms with Crippen LogP contribution < -0.4 is 10.0 Å². The average Bonchev–Trinajstić information content (AvgIpc) is 2.89. The minimum Gasteiger partial charge on any atom is -0.300 e. The molecule has 0 unspecified atom stereocenters. The van der Waals surface area contributed by atoms with Gasteiger partial charge in [0, 0.05) is 13.0 Å². The van der Waals surface area contributed by atoms with E-state index in [2.05, 4.69) is 20.2 Å². The zero-order chi connectivity index (χ0) is 17.0. The Kier molecular flexibility index (Phi) is 5.45. The number of nitrogens with one attached hydrogen (secondary N) is 2. The molecule has 2 aromatic rings. The first kappa shape index (κ1) is 17.5. The van der Waals surface area contributed by atoms with Crippen LogP contribution in [0.25, 0.3) is 0 Å². The number of nitrogens with zero attached hydrogens (tertiary/aromatic N) is 2. The van der Waals surface area contributed by atoms with Crippen LogP contribution in [0.5, 0.6) is 0 Å². The summed E-state index contributed by atoms with van der Waals surface area (Å²) in [6.45, 7) is 5.45. The van der Waals surface area contributed by atoms with Crippen LogP contribution in [-0.4, -0.2) is 31.1 Å². The molecule has 1 aromatic heterocycles. The minimum atomic E-state index is -3.65. The quantitative estimate of drug-likeness (QED) is 0.823. The molecule has 9 heteroatoms. The number of hydrogen-bond donors (Lipinski definition) is 2. The zero-order valence-electron chi connectivity index (χ0n) is 13.1. The largest absolute Gasteiger partial charge is 0.300 e. The van der Waals surface area contributed by atoms with Crippen molar-refractivity contribution in [2.75, 3.05) is 11.9 Å². The molecule has 0 aliphatic rings. The first-order chi connectivity index (χ1) is 10.8. The van der Waals surface area contributed by atoms with E-state index in [0.29, 0.717) is 16.3 Å². The molecule has 0 spiro atoms. The van der Waals surface area contributed by atoms with Gasteiger partial charge in [0.1, 0.15) is 5.51 Å². The first-order valence-corrected chi connectivity index (χ1v) is 9.29. The van der Waals surface area contributed by atoms with Gasteiger partial charge in [-0.25, -0.2) is 13.1 Å². The monoisotopic (exact) mass is 354 g/mol. The molecule has 0 fully saturated rings. The summed E-state index contributed by atoms with van der Waals surface area (Å²) in [4.78, 5) is 12.0. The van der Waals surface area contributed by atoms with E-state index >= 15 is 0 Å². The molecule has 0 atom stereocenters. The molecular formula is C14H18N4O3S2. The molecule has 124 valence electrons. The van der Waals surface area contributed by atoms with Gasteiger partial charge >= 0.3 is 0 Å². The lowest BCUT2D eigenvalue weighted by Gasteiger charge is -2.13. The van der Waals surface area contributed by atoms with Crippen LogP contribution in [0.15, 0.2) is 22.5 Å². The number of rotatable bonds is 6. The molecule has 0 aliphatic heterocycles. The average molecular weight is 354 g/mol. The van der Waals surface area contributed by atoms with Crippen molar-refractivity contribution in [3.63, 3.8) is 0 Å². The summed E-state index contributed by atoms with van der Waals surface area (Å²) in [5.74, 6) is -0.318. The van der Waals surface area contributed by atoms with Crippen LogP contribution in [0.3, 0.4) is 0 Å². The van der Waals surface area contributed by atoms with Gasteiger partial charge in [0.05, 0.1) is 4.90 Å². The van der Waals surface area contributed by atoms with Crippen molar-refractivity contribution >= 4 is 32.4 Å². The third-order valence-corrected chi connectivity index (χ3v) is 5.50. The van der Waals surface area contributed by atoms with Gasteiger partial charge in [-0.1, -0.05) is 29.0 Å². The zero-order valence-corrected chi connectivity index (χ0v) is 14.7. The number of hydrogen-bond acceptors (Lipinski definition) is 6. The molecule has 1 heterocycles. The lowest BCUT2D eigenvalue weighted by atomic mass is 10.1. The summed E-state index contributed by atoms with van der Waals surface area (Å²) in [6.07, 6.45) is 0.0166. The predicted octanol–water partition coefficient (Wildman–Crippen LogP) is 1.77. The van der Waals surface area contributed by atoms with E-state index < -0.39 is 10.0 Å². The van der Waals surface area contributed by atoms with Crippen LogP contribution in [0.2, 0.25) is 0 Å². The standard InChI is InChI=1S/C14H18N4O3S2/c1-9-6-10(2)13(11(3)7-9)23(20,21)16-5-4-12(19)17-14-18-15-8-22-14/h6-8,16H,4-5H2,1-3H3,(H,17,18,19). The van der Waals surface area contributed by atoms with Gasteiger partial charge in [0.2, 0.25) is 21.1 Å². The van der Waals surface area contributed by atoms with Crippen molar-refractivity contribution in [1.82, 2.24) is 14.9 Å². The van der Waals surface area contributed by atoms with Gasteiger partial charge in [0.25, 0.3) is 0 Å². The summed E-state index contributed by atoms with van der Waals surface area (Å²) in [6, 6.07) is 3.65. The van der Waals surface area contributed by atoms with Crippen molar-refractivity contribution in [3.8, 4) is 0 Å². The third kappa shape index (κ3) is 4.57. The highest BCUT2D eigenvalue weighted by atomic mass is 32.2. The van der Waals surface area contributed by atoms with Crippen LogP contribution in [-0.2, 0) is 14.8 Å². The molecule has 1 amide bonds. The van der Waals surface area contributed by atoms with E-state index in [-0.39, 0.29) is 23.8 Å². The Morgan fingerprint density at radius 3 is 2.43 bits per heavy atom. The Morgan fingerprint density at radius 1 is 1.22 bits per heavy atom. The second-order valence-electron chi connectivity index (χ2n) is 5.17. The smallest absolute Gasteiger partial charge is 0.241 e. The third-order valence-electron chi connectivity index (χ3n) is 3.12. The van der Waals surface area contributed by atoms with Crippen molar-refractivity contribution in [2.45, 2.75) is 32.1 Å². The van der Waals surface area contributed by atoms with E-state index in [1.165, 1.54) is 16.8 Å². The molecule has 2 N–H and O–H groups in total. The van der Waals surface area contributed by atoms with Gasteiger partial charge in [-0.2, -0.15) is 0 Å². The molecule has 0 saturated heterocycles. The number of carbonyl (C=O) groups is 1. The van der Waals surface area contributed by atoms with Crippen LogP contribution in [0.1, 0.15) is 23.1 Å². The number of carbonyl (C=O) groups excluding carboxylic acids is 1. The van der Waals surface area contributed by atoms with E-state index in [1.807, 2.05) is 19.1 Å². The molecule has 0 radical (unpaired) electrons. The Balaban J connectivity index is 1.98. The Morgan fingerprint density at radius 2 is 1.87 bits per heavy atom. The SMILES string of the molecule is Cc1cc(C)c(S(=O)(=O)NCCC(=O)Nc2nncs2)c(C)c1. The first-order valence-electron chi connectivity index (χ1n) is 6.93.